The molecule has 1 aromatic heterocycles. The number of pyridine rings is 1. The Bertz CT molecular complexity index is 1010. The maximum absolute atomic E-state index is 12.1. The molecule has 2 aromatic rings. The highest BCUT2D eigenvalue weighted by molar-refractivity contribution is 6.33. The fraction of sp³-hybridized carbons (Fsp3) is 0.409. The molecule has 1 aliphatic heterocycles. The first-order valence-corrected chi connectivity index (χ1v) is 10.8. The predicted octanol–water partition coefficient (Wildman–Crippen LogP) is 3.90. The maximum atomic E-state index is 12.1. The minimum absolute atomic E-state index is 0.0853. The fourth-order valence-electron chi connectivity index (χ4n) is 3.36. The quantitative estimate of drug-likeness (QED) is 0.684. The van der Waals surface area contributed by atoms with Gasteiger partial charge in [0, 0.05) is 44.1 Å². The Balaban J connectivity index is 0.000000383. The van der Waals surface area contributed by atoms with Crippen LogP contribution in [-0.4, -0.2) is 60.4 Å². The number of carbonyl (C=O) groups excluding carboxylic acids is 1. The van der Waals surface area contributed by atoms with Crippen LogP contribution < -0.4 is 15.1 Å². The lowest BCUT2D eigenvalue weighted by Gasteiger charge is -2.37. The molecule has 1 aromatic carbocycles. The third-order valence-corrected chi connectivity index (χ3v) is 5.55. The van der Waals surface area contributed by atoms with E-state index in [9.17, 15) is 18.0 Å². The molecule has 1 saturated heterocycles. The number of rotatable bonds is 4. The van der Waals surface area contributed by atoms with Crippen LogP contribution in [0.5, 0.6) is 0 Å². The Morgan fingerprint density at radius 2 is 1.70 bits per heavy atom. The lowest BCUT2D eigenvalue weighted by molar-refractivity contribution is -0.192. The average Bonchev–Trinajstić information content (AvgIpc) is 3.58. The molecular formula is C22H24ClF3N4O3. The summed E-state index contributed by atoms with van der Waals surface area (Å²) in [5.74, 6) is -2.08. The number of nitrogens with zero attached hydrogens (tertiary/aromatic N) is 3. The van der Waals surface area contributed by atoms with E-state index in [4.69, 9.17) is 21.5 Å². The van der Waals surface area contributed by atoms with E-state index in [1.165, 1.54) is 11.3 Å². The second-order valence-corrected chi connectivity index (χ2v) is 8.25. The van der Waals surface area contributed by atoms with Crippen molar-refractivity contribution in [1.82, 2.24) is 10.3 Å². The van der Waals surface area contributed by atoms with Crippen molar-refractivity contribution in [3.8, 4) is 0 Å². The van der Waals surface area contributed by atoms with Crippen molar-refractivity contribution in [3.05, 3.63) is 52.7 Å². The van der Waals surface area contributed by atoms with E-state index in [1.54, 1.807) is 12.3 Å². The lowest BCUT2D eigenvalue weighted by Crippen LogP contribution is -2.47. The van der Waals surface area contributed by atoms with Crippen LogP contribution in [0.2, 0.25) is 5.02 Å². The molecule has 4 rings (SSSR count). The number of nitrogens with one attached hydrogen (secondary N) is 1. The zero-order chi connectivity index (χ0) is 24.2. The largest absolute Gasteiger partial charge is 0.490 e. The van der Waals surface area contributed by atoms with E-state index in [-0.39, 0.29) is 5.91 Å². The van der Waals surface area contributed by atoms with Gasteiger partial charge in [-0.2, -0.15) is 13.2 Å². The molecule has 0 unspecified atom stereocenters. The van der Waals surface area contributed by atoms with Gasteiger partial charge >= 0.3 is 12.1 Å². The summed E-state index contributed by atoms with van der Waals surface area (Å²) in [6, 6.07) is 10.5. The topological polar surface area (TPSA) is 85.8 Å². The Hall–Kier alpha value is -3.01. The van der Waals surface area contributed by atoms with Gasteiger partial charge in [0.05, 0.1) is 10.6 Å². The Kier molecular flexibility index (Phi) is 7.68. The van der Waals surface area contributed by atoms with Crippen molar-refractivity contribution >= 4 is 35.0 Å². The molecule has 2 N–H and O–H groups in total. The van der Waals surface area contributed by atoms with E-state index < -0.39 is 12.1 Å². The van der Waals surface area contributed by atoms with Gasteiger partial charge in [0.15, 0.2) is 0 Å². The van der Waals surface area contributed by atoms with Gasteiger partial charge in [-0.25, -0.2) is 9.78 Å². The van der Waals surface area contributed by atoms with Crippen molar-refractivity contribution in [2.45, 2.75) is 32.0 Å². The molecule has 2 heterocycles. The third kappa shape index (κ3) is 6.74. The lowest BCUT2D eigenvalue weighted by atomic mass is 10.1. The number of para-hydroxylation sites is 1. The molecule has 7 nitrogen and oxygen atoms in total. The second-order valence-electron chi connectivity index (χ2n) is 7.84. The van der Waals surface area contributed by atoms with Crippen molar-refractivity contribution in [2.75, 3.05) is 36.0 Å². The summed E-state index contributed by atoms with van der Waals surface area (Å²) in [5, 5.41) is 10.6. The first-order chi connectivity index (χ1) is 15.6. The maximum Gasteiger partial charge on any atom is 0.490 e. The fourth-order valence-corrected chi connectivity index (χ4v) is 3.65. The summed E-state index contributed by atoms with van der Waals surface area (Å²) in [6.07, 6.45) is -1.32. The van der Waals surface area contributed by atoms with Crippen LogP contribution in [-0.2, 0) is 4.79 Å². The van der Waals surface area contributed by atoms with Gasteiger partial charge in [0.1, 0.15) is 5.82 Å². The normalized spacial score (nSPS) is 16.0. The number of carboxylic acids is 1. The number of carbonyl (C=O) groups is 2. The summed E-state index contributed by atoms with van der Waals surface area (Å²) < 4.78 is 31.7. The molecule has 178 valence electrons. The monoisotopic (exact) mass is 484 g/mol. The average molecular weight is 485 g/mol. The first kappa shape index (κ1) is 24.6. The van der Waals surface area contributed by atoms with Crippen molar-refractivity contribution < 1.29 is 27.9 Å². The summed E-state index contributed by atoms with van der Waals surface area (Å²) in [5.41, 5.74) is 3.12. The Morgan fingerprint density at radius 3 is 2.21 bits per heavy atom. The van der Waals surface area contributed by atoms with Gasteiger partial charge in [0.25, 0.3) is 5.91 Å². The van der Waals surface area contributed by atoms with Gasteiger partial charge < -0.3 is 20.2 Å². The minimum Gasteiger partial charge on any atom is -0.475 e. The van der Waals surface area contributed by atoms with E-state index in [1.807, 2.05) is 0 Å². The number of aryl methyl sites for hydroxylation is 1. The number of alkyl halides is 3. The number of halogens is 4. The van der Waals surface area contributed by atoms with Gasteiger partial charge in [-0.15, -0.1) is 0 Å². The Labute approximate surface area is 194 Å². The molecule has 1 saturated carbocycles. The van der Waals surface area contributed by atoms with Crippen LogP contribution in [0.3, 0.4) is 0 Å². The number of aromatic nitrogens is 1. The smallest absolute Gasteiger partial charge is 0.475 e. The van der Waals surface area contributed by atoms with E-state index >= 15 is 0 Å². The minimum atomic E-state index is -5.08. The molecule has 2 fully saturated rings. The zero-order valence-electron chi connectivity index (χ0n) is 17.9. The van der Waals surface area contributed by atoms with Gasteiger partial charge in [-0.3, -0.25) is 4.79 Å². The molecule has 0 atom stereocenters. The van der Waals surface area contributed by atoms with Crippen molar-refractivity contribution in [1.29, 1.82) is 0 Å². The zero-order valence-corrected chi connectivity index (χ0v) is 18.7. The summed E-state index contributed by atoms with van der Waals surface area (Å²) in [4.78, 5) is 30.1. The molecule has 0 spiro atoms. The number of piperazine rings is 1. The highest BCUT2D eigenvalue weighted by Gasteiger charge is 2.38. The number of anilines is 2. The number of benzene rings is 1. The van der Waals surface area contributed by atoms with Gasteiger partial charge in [-0.05, 0) is 37.5 Å². The van der Waals surface area contributed by atoms with Crippen LogP contribution in [0.15, 0.2) is 36.5 Å². The molecule has 0 radical (unpaired) electrons. The highest BCUT2D eigenvalue weighted by atomic mass is 35.5. The standard InChI is InChI=1S/C20H23ClN4O.C2HF3O2/c1-14-4-2-3-5-18(14)24-8-10-25(11-9-24)19-17(21)12-15(13-22-19)20(26)23-16-6-7-16;3-2(4,5)1(6)7/h2-5,12-13,16H,6-11H2,1H3,(H,23,26);(H,6,7). The second kappa shape index (κ2) is 10.3. The molecule has 1 aliphatic carbocycles. The number of hydrogen-bond donors (Lipinski definition) is 2. The third-order valence-electron chi connectivity index (χ3n) is 5.27. The van der Waals surface area contributed by atoms with Gasteiger partial charge in [0.2, 0.25) is 0 Å². The molecular weight excluding hydrogens is 461 g/mol. The number of amides is 1. The van der Waals surface area contributed by atoms with Crippen LogP contribution in [0.4, 0.5) is 24.7 Å². The SMILES string of the molecule is Cc1ccccc1N1CCN(c2ncc(C(=O)NC3CC3)cc2Cl)CC1.O=C(O)C(F)(F)F. The molecule has 33 heavy (non-hydrogen) atoms. The van der Waals surface area contributed by atoms with E-state index in [2.05, 4.69) is 51.3 Å². The van der Waals surface area contributed by atoms with E-state index in [0.29, 0.717) is 16.6 Å². The van der Waals surface area contributed by atoms with Crippen molar-refractivity contribution in [3.63, 3.8) is 0 Å². The first-order valence-electron chi connectivity index (χ1n) is 10.4. The van der Waals surface area contributed by atoms with Crippen LogP contribution in [0.1, 0.15) is 28.8 Å². The number of hydrogen-bond acceptors (Lipinski definition) is 5. The Morgan fingerprint density at radius 1 is 1.12 bits per heavy atom. The molecule has 0 bridgehead atoms. The molecule has 1 amide bonds. The summed E-state index contributed by atoms with van der Waals surface area (Å²) in [7, 11) is 0. The van der Waals surface area contributed by atoms with Crippen molar-refractivity contribution in [2.24, 2.45) is 0 Å². The van der Waals surface area contributed by atoms with Crippen LogP contribution >= 0.6 is 11.6 Å². The molecule has 11 heteroatoms. The summed E-state index contributed by atoms with van der Waals surface area (Å²) in [6.45, 7) is 5.70. The van der Waals surface area contributed by atoms with Crippen LogP contribution in [0.25, 0.3) is 0 Å². The number of carboxylic acid groups (broad SMARTS) is 1. The predicted molar refractivity (Wildman–Crippen MR) is 119 cm³/mol. The summed E-state index contributed by atoms with van der Waals surface area (Å²) >= 11 is 6.44. The highest BCUT2D eigenvalue weighted by Crippen LogP contribution is 2.28. The van der Waals surface area contributed by atoms with E-state index in [0.717, 1.165) is 44.8 Å². The van der Waals surface area contributed by atoms with Crippen LogP contribution in [0, 0.1) is 6.92 Å². The van der Waals surface area contributed by atoms with Gasteiger partial charge in [-0.1, -0.05) is 29.8 Å². The molecule has 2 aliphatic rings. The number of aliphatic carboxylic acids is 1.